The lowest BCUT2D eigenvalue weighted by Gasteiger charge is -2.26. The highest BCUT2D eigenvalue weighted by Gasteiger charge is 2.33. The van der Waals surface area contributed by atoms with Gasteiger partial charge in [-0.2, -0.15) is 0 Å². The molecule has 2 atom stereocenters. The van der Waals surface area contributed by atoms with Crippen LogP contribution in [0.1, 0.15) is 28.5 Å². The molecule has 0 unspecified atom stereocenters. The summed E-state index contributed by atoms with van der Waals surface area (Å²) < 4.78 is 5.27. The van der Waals surface area contributed by atoms with Crippen LogP contribution >= 0.6 is 0 Å². The first-order valence-electron chi connectivity index (χ1n) is 7.94. The highest BCUT2D eigenvalue weighted by molar-refractivity contribution is 6.06. The minimum Gasteiger partial charge on any atom is -0.388 e. The number of aromatic nitrogens is 1. The van der Waals surface area contributed by atoms with Crippen molar-refractivity contribution in [2.24, 2.45) is 0 Å². The Morgan fingerprint density at radius 3 is 2.83 bits per heavy atom. The number of amides is 1. The van der Waals surface area contributed by atoms with Crippen LogP contribution in [-0.2, 0) is 11.2 Å². The fraction of sp³-hybridized carbons (Fsp3) is 0.444. The third-order valence-electron chi connectivity index (χ3n) is 4.48. The van der Waals surface area contributed by atoms with Crippen LogP contribution in [0.2, 0.25) is 0 Å². The van der Waals surface area contributed by atoms with Crippen molar-refractivity contribution in [3.05, 3.63) is 41.1 Å². The number of rotatable bonds is 3. The molecule has 23 heavy (non-hydrogen) atoms. The van der Waals surface area contributed by atoms with Crippen molar-refractivity contribution in [3.8, 4) is 0 Å². The third-order valence-corrected chi connectivity index (χ3v) is 4.48. The molecule has 0 aliphatic carbocycles. The van der Waals surface area contributed by atoms with Gasteiger partial charge in [0.15, 0.2) is 0 Å². The van der Waals surface area contributed by atoms with Crippen LogP contribution in [0.25, 0.3) is 10.9 Å². The Morgan fingerprint density at radius 2 is 2.17 bits per heavy atom. The molecular weight excluding hydrogens is 292 g/mol. The minimum absolute atomic E-state index is 0.108. The smallest absolute Gasteiger partial charge is 0.254 e. The first-order chi connectivity index (χ1) is 11.0. The van der Waals surface area contributed by atoms with E-state index in [9.17, 15) is 9.90 Å². The number of carbonyl (C=O) groups excluding carboxylic acids is 1. The summed E-state index contributed by atoms with van der Waals surface area (Å²) in [5, 5.41) is 10.8. The number of hydrogen-bond donors (Lipinski definition) is 1. The average Bonchev–Trinajstić information content (AvgIpc) is 2.98. The second-order valence-electron chi connectivity index (χ2n) is 6.10. The molecule has 5 nitrogen and oxygen atoms in total. The van der Waals surface area contributed by atoms with E-state index in [-0.39, 0.29) is 18.6 Å². The maximum absolute atomic E-state index is 13.0. The van der Waals surface area contributed by atoms with E-state index in [0.29, 0.717) is 12.2 Å². The molecular formula is C18H22N2O3. The summed E-state index contributed by atoms with van der Waals surface area (Å²) >= 11 is 0. The number of aryl methyl sites for hydroxylation is 2. The fourth-order valence-electron chi connectivity index (χ4n) is 3.04. The molecule has 3 rings (SSSR count). The van der Waals surface area contributed by atoms with Crippen LogP contribution in [0.5, 0.6) is 0 Å². The molecule has 1 N–H and O–H groups in total. The predicted molar refractivity (Wildman–Crippen MR) is 88.6 cm³/mol. The molecule has 1 aromatic heterocycles. The first-order valence-corrected chi connectivity index (χ1v) is 7.94. The van der Waals surface area contributed by atoms with Crippen molar-refractivity contribution in [2.45, 2.75) is 32.4 Å². The summed E-state index contributed by atoms with van der Waals surface area (Å²) in [6.45, 7) is 4.62. The molecule has 1 fully saturated rings. The van der Waals surface area contributed by atoms with Gasteiger partial charge in [0.25, 0.3) is 5.91 Å². The molecule has 0 saturated carbocycles. The SMILES string of the molecule is CCc1ccc2nc(C)cc(C(=O)N(C)[C@H]3COC[C@@H]3O)c2c1. The maximum atomic E-state index is 13.0. The lowest BCUT2D eigenvalue weighted by atomic mass is 10.0. The van der Waals surface area contributed by atoms with Gasteiger partial charge in [-0.1, -0.05) is 13.0 Å². The highest BCUT2D eigenvalue weighted by Crippen LogP contribution is 2.23. The Labute approximate surface area is 135 Å². The molecule has 122 valence electrons. The van der Waals surface area contributed by atoms with E-state index in [1.54, 1.807) is 11.9 Å². The summed E-state index contributed by atoms with van der Waals surface area (Å²) in [5.41, 5.74) is 3.43. The number of benzene rings is 1. The zero-order valence-corrected chi connectivity index (χ0v) is 13.7. The van der Waals surface area contributed by atoms with Crippen molar-refractivity contribution in [1.29, 1.82) is 0 Å². The largest absolute Gasteiger partial charge is 0.388 e. The minimum atomic E-state index is -0.635. The standard InChI is InChI=1S/C18H22N2O3/c1-4-12-5-6-15-13(8-12)14(7-11(2)19-15)18(22)20(3)16-9-23-10-17(16)21/h5-8,16-17,21H,4,9-10H2,1-3H3/t16-,17-/m0/s1. The number of fused-ring (bicyclic) bond motifs is 1. The van der Waals surface area contributed by atoms with Crippen LogP contribution in [0.4, 0.5) is 0 Å². The second kappa shape index (κ2) is 6.26. The third kappa shape index (κ3) is 2.94. The number of carbonyl (C=O) groups is 1. The number of hydrogen-bond acceptors (Lipinski definition) is 4. The Balaban J connectivity index is 2.05. The molecule has 0 spiro atoms. The van der Waals surface area contributed by atoms with Gasteiger partial charge in [-0.05, 0) is 37.1 Å². The van der Waals surface area contributed by atoms with E-state index in [4.69, 9.17) is 4.74 Å². The van der Waals surface area contributed by atoms with Gasteiger partial charge in [0.2, 0.25) is 0 Å². The van der Waals surface area contributed by atoms with Gasteiger partial charge in [0.1, 0.15) is 0 Å². The summed E-state index contributed by atoms with van der Waals surface area (Å²) in [6, 6.07) is 7.56. The Kier molecular flexibility index (Phi) is 4.33. The normalized spacial score (nSPS) is 20.9. The van der Waals surface area contributed by atoms with Crippen LogP contribution < -0.4 is 0 Å². The van der Waals surface area contributed by atoms with Gasteiger partial charge in [-0.25, -0.2) is 0 Å². The average molecular weight is 314 g/mol. The Morgan fingerprint density at radius 1 is 1.39 bits per heavy atom. The van der Waals surface area contributed by atoms with Gasteiger partial charge in [0, 0.05) is 18.1 Å². The molecule has 5 heteroatoms. The van der Waals surface area contributed by atoms with Crippen LogP contribution in [0, 0.1) is 6.92 Å². The molecule has 1 aliphatic heterocycles. The number of pyridine rings is 1. The summed E-state index contributed by atoms with van der Waals surface area (Å²) in [4.78, 5) is 19.1. The van der Waals surface area contributed by atoms with E-state index in [1.807, 2.05) is 31.2 Å². The summed E-state index contributed by atoms with van der Waals surface area (Å²) in [6.07, 6.45) is 0.270. The Hall–Kier alpha value is -1.98. The van der Waals surface area contributed by atoms with Crippen LogP contribution in [0.3, 0.4) is 0 Å². The van der Waals surface area contributed by atoms with Gasteiger partial charge < -0.3 is 14.7 Å². The second-order valence-corrected chi connectivity index (χ2v) is 6.10. The molecule has 0 bridgehead atoms. The predicted octanol–water partition coefficient (Wildman–Crippen LogP) is 1.94. The van der Waals surface area contributed by atoms with E-state index < -0.39 is 6.10 Å². The van der Waals surface area contributed by atoms with Crippen molar-refractivity contribution in [3.63, 3.8) is 0 Å². The van der Waals surface area contributed by atoms with Crippen molar-refractivity contribution >= 4 is 16.8 Å². The monoisotopic (exact) mass is 314 g/mol. The molecule has 1 aromatic carbocycles. The van der Waals surface area contributed by atoms with Crippen molar-refractivity contribution in [1.82, 2.24) is 9.88 Å². The van der Waals surface area contributed by atoms with Crippen molar-refractivity contribution in [2.75, 3.05) is 20.3 Å². The quantitative estimate of drug-likeness (QED) is 0.940. The number of aliphatic hydroxyl groups is 1. The zero-order valence-electron chi connectivity index (χ0n) is 13.7. The van der Waals surface area contributed by atoms with E-state index in [1.165, 1.54) is 5.56 Å². The molecule has 1 amide bonds. The van der Waals surface area contributed by atoms with Crippen molar-refractivity contribution < 1.29 is 14.6 Å². The first kappa shape index (κ1) is 15.9. The molecule has 1 saturated heterocycles. The molecule has 1 aliphatic rings. The topological polar surface area (TPSA) is 62.7 Å². The number of aliphatic hydroxyl groups excluding tert-OH is 1. The Bertz CT molecular complexity index is 744. The summed E-state index contributed by atoms with van der Waals surface area (Å²) in [7, 11) is 1.72. The van der Waals surface area contributed by atoms with E-state index >= 15 is 0 Å². The van der Waals surface area contributed by atoms with Gasteiger partial charge >= 0.3 is 0 Å². The van der Waals surface area contributed by atoms with Gasteiger partial charge in [0.05, 0.1) is 36.4 Å². The van der Waals surface area contributed by atoms with Crippen LogP contribution in [0.15, 0.2) is 24.3 Å². The summed E-state index contributed by atoms with van der Waals surface area (Å²) in [5.74, 6) is -0.108. The number of ether oxygens (including phenoxy) is 1. The number of nitrogens with zero attached hydrogens (tertiary/aromatic N) is 2. The maximum Gasteiger partial charge on any atom is 0.254 e. The van der Waals surface area contributed by atoms with Gasteiger partial charge in [-0.15, -0.1) is 0 Å². The highest BCUT2D eigenvalue weighted by atomic mass is 16.5. The lowest BCUT2D eigenvalue weighted by molar-refractivity contribution is 0.0583. The molecule has 2 aromatic rings. The fourth-order valence-corrected chi connectivity index (χ4v) is 3.04. The van der Waals surface area contributed by atoms with Gasteiger partial charge in [-0.3, -0.25) is 9.78 Å². The van der Waals surface area contributed by atoms with E-state index in [0.717, 1.165) is 23.0 Å². The van der Waals surface area contributed by atoms with E-state index in [2.05, 4.69) is 11.9 Å². The lowest BCUT2D eigenvalue weighted by Crippen LogP contribution is -2.44. The molecule has 0 radical (unpaired) electrons. The zero-order chi connectivity index (χ0) is 16.6. The molecule has 2 heterocycles. The van der Waals surface area contributed by atoms with Crippen LogP contribution in [-0.4, -0.2) is 53.3 Å². The number of likely N-dealkylation sites (N-methyl/N-ethyl adjacent to an activating group) is 1.